The van der Waals surface area contributed by atoms with Gasteiger partial charge in [0.25, 0.3) is 0 Å². The molecule has 1 aromatic heterocycles. The van der Waals surface area contributed by atoms with Crippen molar-refractivity contribution in [1.29, 1.82) is 0 Å². The van der Waals surface area contributed by atoms with Crippen LogP contribution in [0.1, 0.15) is 18.1 Å². The summed E-state index contributed by atoms with van der Waals surface area (Å²) in [4.78, 5) is 10.9. The second-order valence-corrected chi connectivity index (χ2v) is 6.99. The largest absolute Gasteiger partial charge is 0.375 e. The molecule has 0 aliphatic carbocycles. The highest BCUT2D eigenvalue weighted by molar-refractivity contribution is 14.0. The van der Waals surface area contributed by atoms with Crippen LogP contribution in [0.2, 0.25) is 0 Å². The zero-order chi connectivity index (χ0) is 20.6. The number of guanidine groups is 1. The van der Waals surface area contributed by atoms with Gasteiger partial charge in [-0.2, -0.15) is 0 Å². The summed E-state index contributed by atoms with van der Waals surface area (Å²) in [6, 6.07) is 7.50. The lowest BCUT2D eigenvalue weighted by atomic mass is 10.1. The molecular formula is C21H28F2IN5O. The Labute approximate surface area is 193 Å². The van der Waals surface area contributed by atoms with Gasteiger partial charge in [0.15, 0.2) is 5.96 Å². The SMILES string of the molecule is CN=C(NCCc1cc(F)ccc1F)NCc1ccnc(N2CCOC(C)C2)c1.I. The van der Waals surface area contributed by atoms with Crippen molar-refractivity contribution in [3.63, 3.8) is 0 Å². The van der Waals surface area contributed by atoms with Crippen LogP contribution in [0.15, 0.2) is 41.5 Å². The molecule has 164 valence electrons. The number of aromatic nitrogens is 1. The highest BCUT2D eigenvalue weighted by atomic mass is 127. The fraction of sp³-hybridized carbons (Fsp3) is 0.429. The minimum absolute atomic E-state index is 0. The average molecular weight is 531 g/mol. The van der Waals surface area contributed by atoms with Gasteiger partial charge in [0.1, 0.15) is 17.5 Å². The van der Waals surface area contributed by atoms with Crippen LogP contribution < -0.4 is 15.5 Å². The molecule has 0 bridgehead atoms. The van der Waals surface area contributed by atoms with E-state index in [0.717, 1.165) is 36.6 Å². The molecule has 3 rings (SSSR count). The Balaban J connectivity index is 0.00000320. The number of anilines is 1. The van der Waals surface area contributed by atoms with E-state index in [9.17, 15) is 8.78 Å². The Hall–Kier alpha value is -2.01. The van der Waals surface area contributed by atoms with Gasteiger partial charge in [-0.05, 0) is 54.8 Å². The van der Waals surface area contributed by atoms with Crippen molar-refractivity contribution in [2.75, 3.05) is 38.2 Å². The van der Waals surface area contributed by atoms with Crippen LogP contribution in [0.3, 0.4) is 0 Å². The Morgan fingerprint density at radius 3 is 2.87 bits per heavy atom. The number of benzene rings is 1. The molecule has 0 saturated carbocycles. The summed E-state index contributed by atoms with van der Waals surface area (Å²) in [5, 5.41) is 6.36. The van der Waals surface area contributed by atoms with Gasteiger partial charge >= 0.3 is 0 Å². The zero-order valence-electron chi connectivity index (χ0n) is 17.2. The topological polar surface area (TPSA) is 61.8 Å². The van der Waals surface area contributed by atoms with Gasteiger partial charge in [-0.25, -0.2) is 13.8 Å². The van der Waals surface area contributed by atoms with Crippen molar-refractivity contribution in [1.82, 2.24) is 15.6 Å². The van der Waals surface area contributed by atoms with E-state index < -0.39 is 11.6 Å². The predicted molar refractivity (Wildman–Crippen MR) is 126 cm³/mol. The van der Waals surface area contributed by atoms with Crippen LogP contribution in [0.4, 0.5) is 14.6 Å². The third-order valence-corrected chi connectivity index (χ3v) is 4.75. The monoisotopic (exact) mass is 531 g/mol. The van der Waals surface area contributed by atoms with Crippen molar-refractivity contribution < 1.29 is 13.5 Å². The van der Waals surface area contributed by atoms with E-state index in [1.807, 2.05) is 6.07 Å². The molecule has 0 radical (unpaired) electrons. The van der Waals surface area contributed by atoms with Crippen molar-refractivity contribution in [3.8, 4) is 0 Å². The Kier molecular flexibility index (Phi) is 9.70. The molecule has 2 heterocycles. The molecule has 0 spiro atoms. The predicted octanol–water partition coefficient (Wildman–Crippen LogP) is 3.11. The lowest BCUT2D eigenvalue weighted by molar-refractivity contribution is 0.0529. The molecule has 30 heavy (non-hydrogen) atoms. The molecule has 6 nitrogen and oxygen atoms in total. The van der Waals surface area contributed by atoms with Gasteiger partial charge in [-0.15, -0.1) is 24.0 Å². The van der Waals surface area contributed by atoms with Gasteiger partial charge in [0, 0.05) is 39.4 Å². The Bertz CT molecular complexity index is 852. The fourth-order valence-electron chi connectivity index (χ4n) is 3.23. The molecule has 1 aliphatic heterocycles. The van der Waals surface area contributed by atoms with E-state index in [0.29, 0.717) is 37.6 Å². The number of hydrogen-bond acceptors (Lipinski definition) is 4. The summed E-state index contributed by atoms with van der Waals surface area (Å²) in [7, 11) is 1.67. The number of pyridine rings is 1. The lowest BCUT2D eigenvalue weighted by Crippen LogP contribution is -2.41. The van der Waals surface area contributed by atoms with Crippen molar-refractivity contribution in [2.45, 2.75) is 26.0 Å². The maximum Gasteiger partial charge on any atom is 0.191 e. The molecule has 9 heteroatoms. The van der Waals surface area contributed by atoms with E-state index >= 15 is 0 Å². The normalized spacial score (nSPS) is 16.7. The van der Waals surface area contributed by atoms with Crippen LogP contribution in [-0.4, -0.2) is 50.3 Å². The minimum atomic E-state index is -0.438. The van der Waals surface area contributed by atoms with Crippen molar-refractivity contribution in [3.05, 3.63) is 59.3 Å². The summed E-state index contributed by atoms with van der Waals surface area (Å²) in [5.74, 6) is 0.689. The quantitative estimate of drug-likeness (QED) is 0.341. The summed E-state index contributed by atoms with van der Waals surface area (Å²) in [6.07, 6.45) is 2.35. The van der Waals surface area contributed by atoms with Crippen LogP contribution in [0.5, 0.6) is 0 Å². The average Bonchev–Trinajstić information content (AvgIpc) is 2.73. The molecule has 2 N–H and O–H groups in total. The molecule has 1 atom stereocenters. The fourth-order valence-corrected chi connectivity index (χ4v) is 3.23. The van der Waals surface area contributed by atoms with Crippen LogP contribution in [0, 0.1) is 11.6 Å². The van der Waals surface area contributed by atoms with Crippen molar-refractivity contribution in [2.24, 2.45) is 4.99 Å². The van der Waals surface area contributed by atoms with E-state index in [2.05, 4.69) is 38.5 Å². The number of nitrogens with zero attached hydrogens (tertiary/aromatic N) is 3. The number of rotatable bonds is 6. The number of aliphatic imine (C=N–C) groups is 1. The third kappa shape index (κ3) is 7.05. The Morgan fingerprint density at radius 1 is 1.27 bits per heavy atom. The van der Waals surface area contributed by atoms with Gasteiger partial charge < -0.3 is 20.3 Å². The molecule has 1 aromatic carbocycles. The summed E-state index contributed by atoms with van der Waals surface area (Å²) < 4.78 is 32.5. The first kappa shape index (κ1) is 24.3. The molecule has 1 unspecified atom stereocenters. The number of halogens is 3. The first-order chi connectivity index (χ1) is 14.0. The van der Waals surface area contributed by atoms with E-state index in [4.69, 9.17) is 4.74 Å². The lowest BCUT2D eigenvalue weighted by Gasteiger charge is -2.32. The zero-order valence-corrected chi connectivity index (χ0v) is 19.5. The van der Waals surface area contributed by atoms with Crippen LogP contribution in [0.25, 0.3) is 0 Å². The van der Waals surface area contributed by atoms with Gasteiger partial charge in [-0.1, -0.05) is 0 Å². The number of hydrogen-bond donors (Lipinski definition) is 2. The molecule has 1 aliphatic rings. The Morgan fingerprint density at radius 2 is 2.10 bits per heavy atom. The summed E-state index contributed by atoms with van der Waals surface area (Å²) in [6.45, 7) is 5.42. The number of morpholine rings is 1. The molecule has 0 amide bonds. The van der Waals surface area contributed by atoms with Gasteiger partial charge in [-0.3, -0.25) is 4.99 Å². The smallest absolute Gasteiger partial charge is 0.191 e. The maximum atomic E-state index is 13.7. The van der Waals surface area contributed by atoms with Crippen LogP contribution >= 0.6 is 24.0 Å². The summed E-state index contributed by atoms with van der Waals surface area (Å²) in [5.41, 5.74) is 1.42. The van der Waals surface area contributed by atoms with Crippen LogP contribution in [-0.2, 0) is 17.7 Å². The molecule has 1 saturated heterocycles. The first-order valence-electron chi connectivity index (χ1n) is 9.75. The maximum absolute atomic E-state index is 13.7. The van der Waals surface area contributed by atoms with Crippen molar-refractivity contribution >= 4 is 35.8 Å². The highest BCUT2D eigenvalue weighted by Gasteiger charge is 2.18. The highest BCUT2D eigenvalue weighted by Crippen LogP contribution is 2.16. The van der Waals surface area contributed by atoms with Gasteiger partial charge in [0.2, 0.25) is 0 Å². The third-order valence-electron chi connectivity index (χ3n) is 4.75. The van der Waals surface area contributed by atoms with E-state index in [-0.39, 0.29) is 30.1 Å². The minimum Gasteiger partial charge on any atom is -0.375 e. The second kappa shape index (κ2) is 12.0. The number of nitrogens with one attached hydrogen (secondary N) is 2. The number of ether oxygens (including phenoxy) is 1. The summed E-state index contributed by atoms with van der Waals surface area (Å²) >= 11 is 0. The second-order valence-electron chi connectivity index (χ2n) is 6.99. The molecular weight excluding hydrogens is 503 g/mol. The standard InChI is InChI=1S/C21H27F2N5O.HI/c1-15-14-28(9-10-29-15)20-11-16(5-7-25-20)13-27-21(24-2)26-8-6-17-12-18(22)3-4-19(17)23;/h3-5,7,11-12,15H,6,8-10,13-14H2,1-2H3,(H2,24,26,27);1H. The molecule has 2 aromatic rings. The van der Waals surface area contributed by atoms with E-state index in [1.165, 1.54) is 6.07 Å². The van der Waals surface area contributed by atoms with Gasteiger partial charge in [0.05, 0.1) is 12.7 Å². The molecule has 1 fully saturated rings. The first-order valence-corrected chi connectivity index (χ1v) is 9.75. The van der Waals surface area contributed by atoms with E-state index in [1.54, 1.807) is 13.2 Å².